The Morgan fingerprint density at radius 2 is 2.05 bits per heavy atom. The molecule has 0 unspecified atom stereocenters. The number of hydrogen-bond acceptors (Lipinski definition) is 6. The van der Waals surface area contributed by atoms with Crippen molar-refractivity contribution in [1.82, 2.24) is 5.16 Å². The molecular weight excluding hydrogens is 262 g/mol. The molecule has 0 saturated heterocycles. The topological polar surface area (TPSA) is 70.8 Å². The van der Waals surface area contributed by atoms with Crippen LogP contribution in [0.15, 0.2) is 16.7 Å². The summed E-state index contributed by atoms with van der Waals surface area (Å²) in [5, 5.41) is 3.86. The van der Waals surface area contributed by atoms with Crippen LogP contribution in [0, 0.1) is 13.8 Å². The van der Waals surface area contributed by atoms with Crippen molar-refractivity contribution in [3.63, 3.8) is 0 Å². The van der Waals surface area contributed by atoms with Crippen LogP contribution in [0.1, 0.15) is 27.4 Å². The zero-order chi connectivity index (χ0) is 14.1. The Balaban J connectivity index is 1.85. The zero-order valence-electron chi connectivity index (χ0n) is 11.1. The molecule has 2 aromatic rings. The van der Waals surface area contributed by atoms with E-state index in [9.17, 15) is 4.79 Å². The third-order valence-corrected chi connectivity index (χ3v) is 3.19. The number of aromatic nitrogens is 1. The lowest BCUT2D eigenvalue weighted by Gasteiger charge is -2.09. The van der Waals surface area contributed by atoms with Crippen LogP contribution in [-0.4, -0.2) is 18.2 Å². The largest absolute Gasteiger partial charge is 0.488 e. The minimum Gasteiger partial charge on any atom is -0.488 e. The molecule has 20 heavy (non-hydrogen) atoms. The molecule has 0 bridgehead atoms. The predicted molar refractivity (Wildman–Crippen MR) is 68.3 cm³/mol. The van der Waals surface area contributed by atoms with Gasteiger partial charge in [0, 0.05) is 6.07 Å². The number of carbonyl (C=O) groups excluding carboxylic acids is 1. The standard InChI is InChI=1S/C14H13NO5/c1-8-11(9(2)20-15-8)6-17-12-4-14-13(18-7-19-14)3-10(12)5-16/h3-5H,6-7H2,1-2H3. The van der Waals surface area contributed by atoms with Gasteiger partial charge in [-0.2, -0.15) is 0 Å². The molecule has 1 aromatic carbocycles. The van der Waals surface area contributed by atoms with Gasteiger partial charge >= 0.3 is 0 Å². The van der Waals surface area contributed by atoms with Crippen molar-refractivity contribution in [2.45, 2.75) is 20.5 Å². The van der Waals surface area contributed by atoms with Crippen LogP contribution < -0.4 is 14.2 Å². The summed E-state index contributed by atoms with van der Waals surface area (Å²) in [7, 11) is 0. The summed E-state index contributed by atoms with van der Waals surface area (Å²) in [4.78, 5) is 11.1. The maximum atomic E-state index is 11.1. The van der Waals surface area contributed by atoms with Gasteiger partial charge in [0.05, 0.1) is 16.8 Å². The van der Waals surface area contributed by atoms with Crippen molar-refractivity contribution in [1.29, 1.82) is 0 Å². The van der Waals surface area contributed by atoms with E-state index >= 15 is 0 Å². The minimum atomic E-state index is 0.154. The molecule has 104 valence electrons. The van der Waals surface area contributed by atoms with E-state index in [0.29, 0.717) is 28.6 Å². The van der Waals surface area contributed by atoms with E-state index in [1.807, 2.05) is 13.8 Å². The lowest BCUT2D eigenvalue weighted by molar-refractivity contribution is 0.111. The SMILES string of the molecule is Cc1noc(C)c1COc1cc2c(cc1C=O)OCO2. The van der Waals surface area contributed by atoms with E-state index in [2.05, 4.69) is 5.16 Å². The second kappa shape index (κ2) is 4.88. The van der Waals surface area contributed by atoms with Crippen LogP contribution in [-0.2, 0) is 6.61 Å². The highest BCUT2D eigenvalue weighted by Gasteiger charge is 2.18. The van der Waals surface area contributed by atoms with Gasteiger partial charge in [0.1, 0.15) is 18.1 Å². The van der Waals surface area contributed by atoms with E-state index in [0.717, 1.165) is 17.5 Å². The number of benzene rings is 1. The molecule has 1 aliphatic rings. The summed E-state index contributed by atoms with van der Waals surface area (Å²) in [6.45, 7) is 4.09. The van der Waals surface area contributed by atoms with Crippen molar-refractivity contribution < 1.29 is 23.5 Å². The first kappa shape index (κ1) is 12.5. The number of fused-ring (bicyclic) bond motifs is 1. The number of aryl methyl sites for hydroxylation is 2. The number of nitrogens with zero attached hydrogens (tertiary/aromatic N) is 1. The fraction of sp³-hybridized carbons (Fsp3) is 0.286. The van der Waals surface area contributed by atoms with Crippen LogP contribution in [0.2, 0.25) is 0 Å². The number of carbonyl (C=O) groups is 1. The van der Waals surface area contributed by atoms with Gasteiger partial charge in [-0.1, -0.05) is 5.16 Å². The summed E-state index contributed by atoms with van der Waals surface area (Å²) in [5.41, 5.74) is 2.07. The average Bonchev–Trinajstić information content (AvgIpc) is 3.02. The predicted octanol–water partition coefficient (Wildman–Crippen LogP) is 2.41. The van der Waals surface area contributed by atoms with E-state index in [1.165, 1.54) is 0 Å². The number of ether oxygens (including phenoxy) is 3. The monoisotopic (exact) mass is 275 g/mol. The Morgan fingerprint density at radius 1 is 1.30 bits per heavy atom. The van der Waals surface area contributed by atoms with E-state index in [1.54, 1.807) is 12.1 Å². The first-order chi connectivity index (χ1) is 9.69. The van der Waals surface area contributed by atoms with Crippen LogP contribution in [0.5, 0.6) is 17.2 Å². The molecule has 0 aliphatic carbocycles. The third-order valence-electron chi connectivity index (χ3n) is 3.19. The van der Waals surface area contributed by atoms with E-state index in [-0.39, 0.29) is 13.4 Å². The molecule has 0 fully saturated rings. The molecule has 6 heteroatoms. The van der Waals surface area contributed by atoms with Gasteiger partial charge in [-0.3, -0.25) is 4.79 Å². The van der Waals surface area contributed by atoms with Crippen molar-refractivity contribution in [2.24, 2.45) is 0 Å². The van der Waals surface area contributed by atoms with Crippen LogP contribution in [0.25, 0.3) is 0 Å². The summed E-state index contributed by atoms with van der Waals surface area (Å²) < 4.78 is 21.3. The summed E-state index contributed by atoms with van der Waals surface area (Å²) in [5.74, 6) is 2.28. The smallest absolute Gasteiger partial charge is 0.231 e. The average molecular weight is 275 g/mol. The van der Waals surface area contributed by atoms with Gasteiger partial charge < -0.3 is 18.7 Å². The quantitative estimate of drug-likeness (QED) is 0.798. The summed E-state index contributed by atoms with van der Waals surface area (Å²) in [6, 6.07) is 3.27. The van der Waals surface area contributed by atoms with Crippen LogP contribution in [0.3, 0.4) is 0 Å². The molecule has 0 amide bonds. The Morgan fingerprint density at radius 3 is 2.70 bits per heavy atom. The number of aldehydes is 1. The molecule has 0 radical (unpaired) electrons. The van der Waals surface area contributed by atoms with Gasteiger partial charge in [-0.25, -0.2) is 0 Å². The normalized spacial score (nSPS) is 12.5. The van der Waals surface area contributed by atoms with Gasteiger partial charge in [0.15, 0.2) is 17.8 Å². The van der Waals surface area contributed by atoms with Gasteiger partial charge in [-0.05, 0) is 19.9 Å². The zero-order valence-corrected chi connectivity index (χ0v) is 11.1. The van der Waals surface area contributed by atoms with Gasteiger partial charge in [0.2, 0.25) is 6.79 Å². The molecule has 0 atom stereocenters. The summed E-state index contributed by atoms with van der Waals surface area (Å²) >= 11 is 0. The Labute approximate surface area is 115 Å². The van der Waals surface area contributed by atoms with Gasteiger partial charge in [0.25, 0.3) is 0 Å². The Bertz CT molecular complexity index is 642. The summed E-state index contributed by atoms with van der Waals surface area (Å²) in [6.07, 6.45) is 0.727. The Hall–Kier alpha value is -2.50. The first-order valence-electron chi connectivity index (χ1n) is 6.12. The molecule has 0 N–H and O–H groups in total. The molecule has 6 nitrogen and oxygen atoms in total. The molecule has 0 spiro atoms. The molecule has 2 heterocycles. The van der Waals surface area contributed by atoms with Crippen molar-refractivity contribution in [3.8, 4) is 17.2 Å². The minimum absolute atomic E-state index is 0.154. The fourth-order valence-corrected chi connectivity index (χ4v) is 2.01. The number of rotatable bonds is 4. The van der Waals surface area contributed by atoms with Crippen LogP contribution in [0.4, 0.5) is 0 Å². The lowest BCUT2D eigenvalue weighted by Crippen LogP contribution is -2.00. The maximum Gasteiger partial charge on any atom is 0.231 e. The molecule has 0 saturated carbocycles. The van der Waals surface area contributed by atoms with Crippen molar-refractivity contribution >= 4 is 6.29 Å². The highest BCUT2D eigenvalue weighted by Crippen LogP contribution is 2.37. The lowest BCUT2D eigenvalue weighted by atomic mass is 10.2. The second-order valence-corrected chi connectivity index (χ2v) is 4.45. The van der Waals surface area contributed by atoms with E-state index < -0.39 is 0 Å². The third kappa shape index (κ3) is 2.09. The van der Waals surface area contributed by atoms with Crippen molar-refractivity contribution in [3.05, 3.63) is 34.7 Å². The highest BCUT2D eigenvalue weighted by atomic mass is 16.7. The van der Waals surface area contributed by atoms with E-state index in [4.69, 9.17) is 18.7 Å². The molecular formula is C14H13NO5. The maximum absolute atomic E-state index is 11.1. The Kier molecular flexibility index (Phi) is 3.06. The highest BCUT2D eigenvalue weighted by molar-refractivity contribution is 5.81. The molecule has 1 aliphatic heterocycles. The van der Waals surface area contributed by atoms with Gasteiger partial charge in [-0.15, -0.1) is 0 Å². The molecule has 1 aromatic heterocycles. The second-order valence-electron chi connectivity index (χ2n) is 4.45. The first-order valence-corrected chi connectivity index (χ1v) is 6.12. The number of hydrogen-bond donors (Lipinski definition) is 0. The molecule has 3 rings (SSSR count). The fourth-order valence-electron chi connectivity index (χ4n) is 2.01. The van der Waals surface area contributed by atoms with Crippen molar-refractivity contribution in [2.75, 3.05) is 6.79 Å². The van der Waals surface area contributed by atoms with Crippen LogP contribution >= 0.6 is 0 Å².